The van der Waals surface area contributed by atoms with Crippen LogP contribution in [-0.4, -0.2) is 0 Å². The fraction of sp³-hybridized carbons (Fsp3) is 0.684. The van der Waals surface area contributed by atoms with E-state index < -0.39 is 0 Å². The lowest BCUT2D eigenvalue weighted by Crippen LogP contribution is -2.18. The van der Waals surface area contributed by atoms with E-state index in [-0.39, 0.29) is 0 Å². The van der Waals surface area contributed by atoms with Crippen LogP contribution < -0.4 is 0 Å². The van der Waals surface area contributed by atoms with Crippen LogP contribution in [0.15, 0.2) is 18.2 Å². The van der Waals surface area contributed by atoms with Crippen LogP contribution >= 0.6 is 15.9 Å². The van der Waals surface area contributed by atoms with E-state index in [1.165, 1.54) is 61.6 Å². The van der Waals surface area contributed by atoms with Crippen LogP contribution in [0.4, 0.5) is 0 Å². The van der Waals surface area contributed by atoms with Gasteiger partial charge in [-0.25, -0.2) is 0 Å². The van der Waals surface area contributed by atoms with Crippen molar-refractivity contribution in [1.29, 1.82) is 0 Å². The fourth-order valence-electron chi connectivity index (χ4n) is 3.57. The first-order valence-electron chi connectivity index (χ1n) is 8.33. The first-order valence-corrected chi connectivity index (χ1v) is 9.24. The molecular weight excluding hydrogens is 308 g/mol. The Labute approximate surface area is 133 Å². The molecule has 0 aliphatic heterocycles. The van der Waals surface area contributed by atoms with Crippen LogP contribution in [0.1, 0.15) is 73.4 Å². The molecule has 1 unspecified atom stereocenters. The second-order valence-corrected chi connectivity index (χ2v) is 7.67. The molecule has 1 fully saturated rings. The van der Waals surface area contributed by atoms with Gasteiger partial charge in [-0.3, -0.25) is 0 Å². The molecule has 112 valence electrons. The van der Waals surface area contributed by atoms with E-state index >= 15 is 0 Å². The summed E-state index contributed by atoms with van der Waals surface area (Å²) in [4.78, 5) is 0.550. The number of unbranched alkanes of at least 4 members (excludes halogenated alkanes) is 1. The Bertz CT molecular complexity index is 416. The summed E-state index contributed by atoms with van der Waals surface area (Å²) < 4.78 is 0. The van der Waals surface area contributed by atoms with E-state index in [1.54, 1.807) is 0 Å². The van der Waals surface area contributed by atoms with Crippen LogP contribution in [0.2, 0.25) is 0 Å². The third-order valence-electron chi connectivity index (χ3n) is 5.00. The van der Waals surface area contributed by atoms with Crippen molar-refractivity contribution in [3.05, 3.63) is 34.9 Å². The van der Waals surface area contributed by atoms with Crippen LogP contribution in [0, 0.1) is 25.7 Å². The van der Waals surface area contributed by atoms with Gasteiger partial charge in [0.15, 0.2) is 0 Å². The van der Waals surface area contributed by atoms with E-state index in [4.69, 9.17) is 0 Å². The normalized spacial score (nSPS) is 24.6. The van der Waals surface area contributed by atoms with Gasteiger partial charge in [0.2, 0.25) is 0 Å². The predicted octanol–water partition coefficient (Wildman–Crippen LogP) is 6.74. The minimum Gasteiger partial charge on any atom is -0.0836 e. The van der Waals surface area contributed by atoms with Crippen LogP contribution in [-0.2, 0) is 0 Å². The number of benzene rings is 1. The highest BCUT2D eigenvalue weighted by Crippen LogP contribution is 2.43. The summed E-state index contributed by atoms with van der Waals surface area (Å²) >= 11 is 4.01. The molecule has 1 aromatic carbocycles. The molecule has 1 aliphatic carbocycles. The molecule has 0 bridgehead atoms. The highest BCUT2D eigenvalue weighted by Gasteiger charge is 2.27. The summed E-state index contributed by atoms with van der Waals surface area (Å²) in [6.07, 6.45) is 9.91. The molecule has 1 atom stereocenters. The van der Waals surface area contributed by atoms with E-state index in [0.717, 1.165) is 11.8 Å². The molecule has 1 aromatic rings. The molecule has 2 rings (SSSR count). The lowest BCUT2D eigenvalue weighted by molar-refractivity contribution is 0.257. The molecule has 1 saturated carbocycles. The van der Waals surface area contributed by atoms with Crippen LogP contribution in [0.3, 0.4) is 0 Å². The second kappa shape index (κ2) is 7.64. The van der Waals surface area contributed by atoms with Gasteiger partial charge in [-0.05, 0) is 49.7 Å². The lowest BCUT2D eigenvalue weighted by atomic mass is 9.77. The maximum atomic E-state index is 4.01. The van der Waals surface area contributed by atoms with Crippen LogP contribution in [0.5, 0.6) is 0 Å². The van der Waals surface area contributed by atoms with Crippen molar-refractivity contribution in [2.24, 2.45) is 11.8 Å². The van der Waals surface area contributed by atoms with Gasteiger partial charge < -0.3 is 0 Å². The maximum Gasteiger partial charge on any atom is 0.0426 e. The lowest BCUT2D eigenvalue weighted by Gasteiger charge is -2.32. The van der Waals surface area contributed by atoms with Crippen molar-refractivity contribution in [2.45, 2.75) is 70.5 Å². The van der Waals surface area contributed by atoms with E-state index in [0.29, 0.717) is 4.83 Å². The Hall–Kier alpha value is -0.300. The number of rotatable bonds is 5. The summed E-state index contributed by atoms with van der Waals surface area (Å²) in [7, 11) is 0. The molecule has 1 aliphatic rings. The predicted molar refractivity (Wildman–Crippen MR) is 92.6 cm³/mol. The number of halogens is 1. The standard InChI is InChI=1S/C19H29Br/c1-4-5-6-16-9-11-17(12-10-16)19(20)18-13-14(2)7-8-15(18)3/h7-8,13,16-17,19H,4-6,9-12H2,1-3H3. The maximum absolute atomic E-state index is 4.01. The first-order chi connectivity index (χ1) is 9.61. The molecule has 0 radical (unpaired) electrons. The van der Waals surface area contributed by atoms with E-state index in [1.807, 2.05) is 0 Å². The largest absolute Gasteiger partial charge is 0.0836 e. The SMILES string of the molecule is CCCCC1CCC(C(Br)c2cc(C)ccc2C)CC1. The third kappa shape index (κ3) is 4.10. The van der Waals surface area contributed by atoms with Crippen LogP contribution in [0.25, 0.3) is 0 Å². The Balaban J connectivity index is 1.94. The quantitative estimate of drug-likeness (QED) is 0.522. The second-order valence-electron chi connectivity index (χ2n) is 6.68. The average Bonchev–Trinajstić information content (AvgIpc) is 2.47. The molecule has 0 aromatic heterocycles. The smallest absolute Gasteiger partial charge is 0.0426 e. The van der Waals surface area contributed by atoms with Gasteiger partial charge in [0, 0.05) is 4.83 Å². The zero-order valence-corrected chi connectivity index (χ0v) is 14.9. The van der Waals surface area contributed by atoms with E-state index in [2.05, 4.69) is 54.9 Å². The zero-order chi connectivity index (χ0) is 14.5. The number of alkyl halides is 1. The minimum absolute atomic E-state index is 0.550. The van der Waals surface area contributed by atoms with Gasteiger partial charge >= 0.3 is 0 Å². The van der Waals surface area contributed by atoms with E-state index in [9.17, 15) is 0 Å². The fourth-order valence-corrected chi connectivity index (χ4v) is 4.60. The summed E-state index contributed by atoms with van der Waals surface area (Å²) in [6, 6.07) is 6.87. The van der Waals surface area contributed by atoms with Gasteiger partial charge in [-0.1, -0.05) is 78.7 Å². The minimum atomic E-state index is 0.550. The summed E-state index contributed by atoms with van der Waals surface area (Å²) in [6.45, 7) is 6.75. The third-order valence-corrected chi connectivity index (χ3v) is 6.24. The van der Waals surface area contributed by atoms with Crippen molar-refractivity contribution in [2.75, 3.05) is 0 Å². The molecule has 0 nitrogen and oxygen atoms in total. The Morgan fingerprint density at radius 3 is 2.50 bits per heavy atom. The topological polar surface area (TPSA) is 0 Å². The van der Waals surface area contributed by atoms with Crippen molar-refractivity contribution in [3.8, 4) is 0 Å². The van der Waals surface area contributed by atoms with Gasteiger partial charge in [-0.2, -0.15) is 0 Å². The van der Waals surface area contributed by atoms with Gasteiger partial charge in [0.25, 0.3) is 0 Å². The van der Waals surface area contributed by atoms with Gasteiger partial charge in [-0.15, -0.1) is 0 Å². The Morgan fingerprint density at radius 1 is 1.15 bits per heavy atom. The summed E-state index contributed by atoms with van der Waals surface area (Å²) in [5.41, 5.74) is 4.33. The average molecular weight is 337 g/mol. The molecule has 0 saturated heterocycles. The number of hydrogen-bond acceptors (Lipinski definition) is 0. The van der Waals surface area contributed by atoms with Crippen molar-refractivity contribution in [1.82, 2.24) is 0 Å². The molecule has 0 amide bonds. The van der Waals surface area contributed by atoms with Gasteiger partial charge in [0.1, 0.15) is 0 Å². The Morgan fingerprint density at radius 2 is 1.85 bits per heavy atom. The summed E-state index contributed by atoms with van der Waals surface area (Å²) in [5, 5.41) is 0. The molecule has 20 heavy (non-hydrogen) atoms. The highest BCUT2D eigenvalue weighted by molar-refractivity contribution is 9.09. The molecule has 0 N–H and O–H groups in total. The molecule has 1 heteroatoms. The van der Waals surface area contributed by atoms with Gasteiger partial charge in [0.05, 0.1) is 0 Å². The molecule has 0 heterocycles. The highest BCUT2D eigenvalue weighted by atomic mass is 79.9. The number of hydrogen-bond donors (Lipinski definition) is 0. The first kappa shape index (κ1) is 16.1. The monoisotopic (exact) mass is 336 g/mol. The number of aryl methyl sites for hydroxylation is 2. The van der Waals surface area contributed by atoms with Crippen molar-refractivity contribution < 1.29 is 0 Å². The van der Waals surface area contributed by atoms with Crippen molar-refractivity contribution >= 4 is 15.9 Å². The molecule has 0 spiro atoms. The Kier molecular flexibility index (Phi) is 6.14. The summed E-state index contributed by atoms with van der Waals surface area (Å²) in [5.74, 6) is 1.83. The zero-order valence-electron chi connectivity index (χ0n) is 13.3. The van der Waals surface area contributed by atoms with Crippen molar-refractivity contribution in [3.63, 3.8) is 0 Å². The molecular formula is C19H29Br.